The topological polar surface area (TPSA) is 59.4 Å². The lowest BCUT2D eigenvalue weighted by molar-refractivity contribution is -0.0948. The maximum atomic E-state index is 13.1. The number of amides is 1. The predicted molar refractivity (Wildman–Crippen MR) is 106 cm³/mol. The van der Waals surface area contributed by atoms with Gasteiger partial charge in [-0.1, -0.05) is 0 Å². The van der Waals surface area contributed by atoms with Gasteiger partial charge in [0.2, 0.25) is 0 Å². The number of aromatic nitrogens is 2. The number of nitrogens with one attached hydrogen (secondary N) is 1. The van der Waals surface area contributed by atoms with Crippen LogP contribution in [0.15, 0.2) is 30.5 Å². The van der Waals surface area contributed by atoms with Gasteiger partial charge in [-0.25, -0.2) is 9.07 Å². The fourth-order valence-corrected chi connectivity index (χ4v) is 3.65. The minimum absolute atomic E-state index is 0.159. The van der Waals surface area contributed by atoms with Gasteiger partial charge in [-0.05, 0) is 58.9 Å². The van der Waals surface area contributed by atoms with Gasteiger partial charge in [0.05, 0.1) is 35.3 Å². The van der Waals surface area contributed by atoms with Gasteiger partial charge >= 0.3 is 0 Å². The summed E-state index contributed by atoms with van der Waals surface area (Å²) in [5.74, 6) is -0.464. The first kappa shape index (κ1) is 20.5. The van der Waals surface area contributed by atoms with E-state index in [1.54, 1.807) is 23.0 Å². The lowest BCUT2D eigenvalue weighted by Crippen LogP contribution is -2.58. The molecule has 2 aromatic rings. The van der Waals surface area contributed by atoms with Gasteiger partial charge in [0.1, 0.15) is 5.82 Å². The highest BCUT2D eigenvalue weighted by molar-refractivity contribution is 5.95. The molecule has 1 amide bonds. The standard InChI is InChI=1S/C21H29FN4O2/c1-14-11-25(12-15(2)28-14)21(4,5)13-23-20(27)19-10-24-26(16(19)3)18-8-6-17(22)7-9-18/h6-10,14-15H,11-13H2,1-5H3,(H,23,27). The van der Waals surface area contributed by atoms with Crippen molar-refractivity contribution in [2.45, 2.75) is 52.4 Å². The van der Waals surface area contributed by atoms with Gasteiger partial charge in [-0.3, -0.25) is 9.69 Å². The highest BCUT2D eigenvalue weighted by atomic mass is 19.1. The number of rotatable bonds is 5. The first-order chi connectivity index (χ1) is 13.2. The van der Waals surface area contributed by atoms with E-state index in [-0.39, 0.29) is 29.5 Å². The Hall–Kier alpha value is -2.25. The van der Waals surface area contributed by atoms with Crippen LogP contribution >= 0.6 is 0 Å². The van der Waals surface area contributed by atoms with Crippen LogP contribution in [0.25, 0.3) is 5.69 Å². The molecule has 0 aliphatic carbocycles. The largest absolute Gasteiger partial charge is 0.373 e. The van der Waals surface area contributed by atoms with Gasteiger partial charge < -0.3 is 10.1 Å². The summed E-state index contributed by atoms with van der Waals surface area (Å²) < 4.78 is 20.6. The Bertz CT molecular complexity index is 821. The number of ether oxygens (including phenoxy) is 1. The fraction of sp³-hybridized carbons (Fsp3) is 0.524. The number of morpholine rings is 1. The summed E-state index contributed by atoms with van der Waals surface area (Å²) in [6.45, 7) is 12.5. The smallest absolute Gasteiger partial charge is 0.254 e. The van der Waals surface area contributed by atoms with Crippen molar-refractivity contribution in [2.24, 2.45) is 0 Å². The van der Waals surface area contributed by atoms with E-state index in [2.05, 4.69) is 43.0 Å². The van der Waals surface area contributed by atoms with Gasteiger partial charge in [0.15, 0.2) is 0 Å². The van der Waals surface area contributed by atoms with Crippen LogP contribution in [0.4, 0.5) is 4.39 Å². The summed E-state index contributed by atoms with van der Waals surface area (Å²) >= 11 is 0. The number of nitrogens with zero attached hydrogens (tertiary/aromatic N) is 3. The molecule has 1 fully saturated rings. The highest BCUT2D eigenvalue weighted by Crippen LogP contribution is 2.21. The number of hydrogen-bond donors (Lipinski definition) is 1. The quantitative estimate of drug-likeness (QED) is 0.856. The number of carbonyl (C=O) groups is 1. The van der Waals surface area contributed by atoms with Gasteiger partial charge in [-0.2, -0.15) is 5.10 Å². The van der Waals surface area contributed by atoms with E-state index in [4.69, 9.17) is 4.74 Å². The fourth-order valence-electron chi connectivity index (χ4n) is 3.65. The molecule has 2 heterocycles. The molecule has 1 aliphatic rings. The molecule has 2 unspecified atom stereocenters. The monoisotopic (exact) mass is 388 g/mol. The molecule has 0 saturated carbocycles. The summed E-state index contributed by atoms with van der Waals surface area (Å²) in [6.07, 6.45) is 1.91. The molecule has 28 heavy (non-hydrogen) atoms. The Morgan fingerprint density at radius 1 is 1.25 bits per heavy atom. The molecule has 152 valence electrons. The molecule has 3 rings (SSSR count). The van der Waals surface area contributed by atoms with Crippen molar-refractivity contribution >= 4 is 5.91 Å². The van der Waals surface area contributed by atoms with Crippen LogP contribution in [0, 0.1) is 12.7 Å². The zero-order chi connectivity index (χ0) is 20.5. The molecule has 1 aromatic carbocycles. The lowest BCUT2D eigenvalue weighted by atomic mass is 10.00. The SMILES string of the molecule is Cc1c(C(=O)NCC(C)(C)N2CC(C)OC(C)C2)cnn1-c1ccc(F)cc1. The summed E-state index contributed by atoms with van der Waals surface area (Å²) in [7, 11) is 0. The van der Waals surface area contributed by atoms with Crippen LogP contribution in [0.1, 0.15) is 43.7 Å². The second-order valence-electron chi connectivity index (χ2n) is 8.19. The molecular weight excluding hydrogens is 359 g/mol. The van der Waals surface area contributed by atoms with Crippen molar-refractivity contribution in [1.82, 2.24) is 20.0 Å². The molecule has 0 bridgehead atoms. The van der Waals surface area contributed by atoms with Crippen molar-refractivity contribution in [3.63, 3.8) is 0 Å². The number of carbonyl (C=O) groups excluding carboxylic acids is 1. The lowest BCUT2D eigenvalue weighted by Gasteiger charge is -2.45. The van der Waals surface area contributed by atoms with Crippen LogP contribution in [-0.4, -0.2) is 58.0 Å². The highest BCUT2D eigenvalue weighted by Gasteiger charge is 2.33. The maximum Gasteiger partial charge on any atom is 0.254 e. The van der Waals surface area contributed by atoms with Crippen LogP contribution in [-0.2, 0) is 4.74 Å². The Kier molecular flexibility index (Phi) is 5.86. The normalized spacial score (nSPS) is 20.9. The average Bonchev–Trinajstić information content (AvgIpc) is 3.01. The Balaban J connectivity index is 1.67. The van der Waals surface area contributed by atoms with E-state index in [9.17, 15) is 9.18 Å². The number of benzene rings is 1. The minimum atomic E-state index is -0.305. The minimum Gasteiger partial charge on any atom is -0.373 e. The van der Waals surface area contributed by atoms with Crippen LogP contribution in [0.3, 0.4) is 0 Å². The second-order valence-corrected chi connectivity index (χ2v) is 8.19. The predicted octanol–water partition coefficient (Wildman–Crippen LogP) is 2.94. The average molecular weight is 388 g/mol. The molecule has 1 N–H and O–H groups in total. The molecule has 1 aliphatic heterocycles. The molecule has 2 atom stereocenters. The maximum absolute atomic E-state index is 13.1. The van der Waals surface area contributed by atoms with E-state index in [0.717, 1.165) is 24.5 Å². The number of hydrogen-bond acceptors (Lipinski definition) is 4. The molecule has 6 nitrogen and oxygen atoms in total. The van der Waals surface area contributed by atoms with Crippen molar-refractivity contribution in [1.29, 1.82) is 0 Å². The molecular formula is C21H29FN4O2. The van der Waals surface area contributed by atoms with Crippen LogP contribution in [0.2, 0.25) is 0 Å². The second kappa shape index (κ2) is 8.01. The Morgan fingerprint density at radius 2 is 1.86 bits per heavy atom. The van der Waals surface area contributed by atoms with Crippen molar-refractivity contribution in [3.05, 3.63) is 47.5 Å². The molecule has 1 aromatic heterocycles. The van der Waals surface area contributed by atoms with Crippen molar-refractivity contribution in [3.8, 4) is 5.69 Å². The van der Waals surface area contributed by atoms with Crippen molar-refractivity contribution < 1.29 is 13.9 Å². The van der Waals surface area contributed by atoms with E-state index >= 15 is 0 Å². The molecule has 1 saturated heterocycles. The summed E-state index contributed by atoms with van der Waals surface area (Å²) in [6, 6.07) is 6.04. The first-order valence-corrected chi connectivity index (χ1v) is 9.66. The van der Waals surface area contributed by atoms with E-state index < -0.39 is 0 Å². The molecule has 0 radical (unpaired) electrons. The first-order valence-electron chi connectivity index (χ1n) is 9.66. The third-order valence-corrected chi connectivity index (χ3v) is 5.28. The third kappa shape index (κ3) is 4.42. The zero-order valence-electron chi connectivity index (χ0n) is 17.2. The molecule has 7 heteroatoms. The summed E-state index contributed by atoms with van der Waals surface area (Å²) in [5.41, 5.74) is 1.76. The molecule has 0 spiro atoms. The van der Waals surface area contributed by atoms with E-state index in [1.165, 1.54) is 12.1 Å². The van der Waals surface area contributed by atoms with E-state index in [0.29, 0.717) is 12.1 Å². The Labute approximate surface area is 165 Å². The van der Waals surface area contributed by atoms with Gasteiger partial charge in [0.25, 0.3) is 5.91 Å². The number of halogens is 1. The summed E-state index contributed by atoms with van der Waals surface area (Å²) in [5, 5.41) is 7.34. The third-order valence-electron chi connectivity index (χ3n) is 5.28. The zero-order valence-corrected chi connectivity index (χ0v) is 17.2. The van der Waals surface area contributed by atoms with E-state index in [1.807, 2.05) is 6.92 Å². The van der Waals surface area contributed by atoms with Gasteiger partial charge in [0, 0.05) is 25.2 Å². The van der Waals surface area contributed by atoms with Crippen LogP contribution < -0.4 is 5.32 Å². The summed E-state index contributed by atoms with van der Waals surface area (Å²) in [4.78, 5) is 15.1. The van der Waals surface area contributed by atoms with Crippen LogP contribution in [0.5, 0.6) is 0 Å². The van der Waals surface area contributed by atoms with Gasteiger partial charge in [-0.15, -0.1) is 0 Å². The van der Waals surface area contributed by atoms with Crippen molar-refractivity contribution in [2.75, 3.05) is 19.6 Å². The Morgan fingerprint density at radius 3 is 2.46 bits per heavy atom.